The number of hydrogen-bond donors (Lipinski definition) is 2. The second kappa shape index (κ2) is 7.32. The van der Waals surface area contributed by atoms with Gasteiger partial charge in [0.15, 0.2) is 5.75 Å². The first-order valence-corrected chi connectivity index (χ1v) is 6.40. The monoisotopic (exact) mass is 281 g/mol. The van der Waals surface area contributed by atoms with Gasteiger partial charge in [-0.2, -0.15) is 0 Å². The molecule has 0 aliphatic carbocycles. The van der Waals surface area contributed by atoms with Crippen LogP contribution in [0.3, 0.4) is 0 Å². The summed E-state index contributed by atoms with van der Waals surface area (Å²) in [6, 6.07) is 4.36. The minimum atomic E-state index is -0.485. The van der Waals surface area contributed by atoms with Gasteiger partial charge in [0.1, 0.15) is 0 Å². The van der Waals surface area contributed by atoms with E-state index in [2.05, 4.69) is 5.32 Å². The number of anilines is 1. The summed E-state index contributed by atoms with van der Waals surface area (Å²) in [4.78, 5) is 21.2. The Kier molecular flexibility index (Phi) is 5.76. The van der Waals surface area contributed by atoms with Gasteiger partial charge in [0, 0.05) is 30.3 Å². The van der Waals surface area contributed by atoms with E-state index in [0.29, 0.717) is 12.3 Å². The maximum atomic E-state index is 10.9. The predicted molar refractivity (Wildman–Crippen MR) is 75.8 cm³/mol. The summed E-state index contributed by atoms with van der Waals surface area (Å²) in [7, 11) is 0. The SMILES string of the molecule is CCCOc1cc(NC(C)CC(N)=O)ccc1[N+](=O)[O-]. The second-order valence-corrected chi connectivity index (χ2v) is 4.50. The number of hydrogen-bond acceptors (Lipinski definition) is 5. The van der Waals surface area contributed by atoms with Crippen LogP contribution in [0.2, 0.25) is 0 Å². The molecule has 7 nitrogen and oxygen atoms in total. The summed E-state index contributed by atoms with van der Waals surface area (Å²) in [6.45, 7) is 4.13. The Morgan fingerprint density at radius 1 is 1.55 bits per heavy atom. The number of nitro benzene ring substituents is 1. The van der Waals surface area contributed by atoms with E-state index in [0.717, 1.165) is 6.42 Å². The van der Waals surface area contributed by atoms with Gasteiger partial charge < -0.3 is 15.8 Å². The molecule has 0 fully saturated rings. The average molecular weight is 281 g/mol. The number of nitrogens with two attached hydrogens (primary N) is 1. The molecule has 3 N–H and O–H groups in total. The first-order chi connectivity index (χ1) is 9.43. The van der Waals surface area contributed by atoms with E-state index in [9.17, 15) is 14.9 Å². The molecule has 1 rings (SSSR count). The highest BCUT2D eigenvalue weighted by Crippen LogP contribution is 2.30. The molecule has 0 heterocycles. The van der Waals surface area contributed by atoms with Gasteiger partial charge in [-0.15, -0.1) is 0 Å². The Morgan fingerprint density at radius 2 is 2.25 bits per heavy atom. The highest BCUT2D eigenvalue weighted by atomic mass is 16.6. The molecule has 1 aromatic rings. The molecule has 110 valence electrons. The van der Waals surface area contributed by atoms with Crippen molar-refractivity contribution >= 4 is 17.3 Å². The van der Waals surface area contributed by atoms with Crippen molar-refractivity contribution in [3.63, 3.8) is 0 Å². The predicted octanol–water partition coefficient (Wildman–Crippen LogP) is 2.06. The molecule has 0 spiro atoms. The first kappa shape index (κ1) is 15.7. The lowest BCUT2D eigenvalue weighted by Gasteiger charge is -2.14. The molecule has 0 radical (unpaired) electrons. The van der Waals surface area contributed by atoms with Gasteiger partial charge in [-0.05, 0) is 19.4 Å². The van der Waals surface area contributed by atoms with Gasteiger partial charge >= 0.3 is 5.69 Å². The molecule has 0 aliphatic rings. The van der Waals surface area contributed by atoms with Crippen molar-refractivity contribution in [3.05, 3.63) is 28.3 Å². The Bertz CT molecular complexity index is 491. The number of nitrogens with one attached hydrogen (secondary N) is 1. The Morgan fingerprint density at radius 3 is 2.80 bits per heavy atom. The molecule has 20 heavy (non-hydrogen) atoms. The van der Waals surface area contributed by atoms with Crippen LogP contribution in [-0.4, -0.2) is 23.5 Å². The van der Waals surface area contributed by atoms with Crippen LogP contribution in [0.1, 0.15) is 26.7 Å². The molecule has 1 amide bonds. The number of nitrogens with zero attached hydrogens (tertiary/aromatic N) is 1. The van der Waals surface area contributed by atoms with Gasteiger partial charge in [0.2, 0.25) is 5.91 Å². The normalized spacial score (nSPS) is 11.7. The highest BCUT2D eigenvalue weighted by molar-refractivity contribution is 5.75. The second-order valence-electron chi connectivity index (χ2n) is 4.50. The summed E-state index contributed by atoms with van der Waals surface area (Å²) in [5.74, 6) is -0.192. The number of ether oxygens (including phenoxy) is 1. The molecular weight excluding hydrogens is 262 g/mol. The summed E-state index contributed by atoms with van der Waals surface area (Å²) in [6.07, 6.45) is 0.940. The van der Waals surface area contributed by atoms with Crippen molar-refractivity contribution in [1.29, 1.82) is 0 Å². The van der Waals surface area contributed by atoms with Gasteiger partial charge in [-0.1, -0.05) is 6.92 Å². The molecule has 7 heteroatoms. The molecule has 0 saturated heterocycles. The lowest BCUT2D eigenvalue weighted by atomic mass is 10.2. The third kappa shape index (κ3) is 4.75. The first-order valence-electron chi connectivity index (χ1n) is 6.40. The van der Waals surface area contributed by atoms with Gasteiger partial charge in [-0.25, -0.2) is 0 Å². The van der Waals surface area contributed by atoms with E-state index in [-0.39, 0.29) is 23.9 Å². The fourth-order valence-electron chi connectivity index (χ4n) is 1.72. The quantitative estimate of drug-likeness (QED) is 0.560. The molecule has 1 unspecified atom stereocenters. The lowest BCUT2D eigenvalue weighted by molar-refractivity contribution is -0.385. The third-order valence-electron chi connectivity index (χ3n) is 2.54. The summed E-state index contributed by atoms with van der Waals surface area (Å²) in [5.41, 5.74) is 5.68. The van der Waals surface area contributed by atoms with E-state index in [1.807, 2.05) is 6.92 Å². The highest BCUT2D eigenvalue weighted by Gasteiger charge is 2.16. The molecular formula is C13H19N3O4. The summed E-state index contributed by atoms with van der Waals surface area (Å²) in [5, 5.41) is 14.0. The average Bonchev–Trinajstić information content (AvgIpc) is 2.35. The minimum absolute atomic E-state index is 0.0773. The van der Waals surface area contributed by atoms with Crippen molar-refractivity contribution < 1.29 is 14.5 Å². The van der Waals surface area contributed by atoms with E-state index in [4.69, 9.17) is 10.5 Å². The molecule has 0 aromatic heterocycles. The largest absolute Gasteiger partial charge is 0.487 e. The number of benzene rings is 1. The van der Waals surface area contributed by atoms with E-state index < -0.39 is 10.8 Å². The molecule has 1 atom stereocenters. The maximum absolute atomic E-state index is 10.9. The summed E-state index contributed by atoms with van der Waals surface area (Å²) >= 11 is 0. The van der Waals surface area contributed by atoms with E-state index >= 15 is 0 Å². The van der Waals surface area contributed by atoms with E-state index in [1.54, 1.807) is 19.1 Å². The molecule has 0 aliphatic heterocycles. The van der Waals surface area contributed by atoms with Gasteiger partial charge in [0.05, 0.1) is 11.5 Å². The van der Waals surface area contributed by atoms with Crippen molar-refractivity contribution in [3.8, 4) is 5.75 Å². The Balaban J connectivity index is 2.88. The van der Waals surface area contributed by atoms with Gasteiger partial charge in [-0.3, -0.25) is 14.9 Å². The number of rotatable bonds is 8. The fraction of sp³-hybridized carbons (Fsp3) is 0.462. The van der Waals surface area contributed by atoms with Crippen LogP contribution in [0, 0.1) is 10.1 Å². The van der Waals surface area contributed by atoms with Crippen LogP contribution in [-0.2, 0) is 4.79 Å². The number of carbonyl (C=O) groups is 1. The van der Waals surface area contributed by atoms with Crippen LogP contribution in [0.4, 0.5) is 11.4 Å². The van der Waals surface area contributed by atoms with Crippen molar-refractivity contribution in [2.45, 2.75) is 32.7 Å². The number of primary amides is 1. The topological polar surface area (TPSA) is 107 Å². The third-order valence-corrected chi connectivity index (χ3v) is 2.54. The van der Waals surface area contributed by atoms with Gasteiger partial charge in [0.25, 0.3) is 0 Å². The molecule has 1 aromatic carbocycles. The minimum Gasteiger partial charge on any atom is -0.487 e. The number of carbonyl (C=O) groups excluding carboxylic acids is 1. The van der Waals surface area contributed by atoms with Crippen LogP contribution < -0.4 is 15.8 Å². The molecule has 0 bridgehead atoms. The van der Waals surface area contributed by atoms with Crippen molar-refractivity contribution in [1.82, 2.24) is 0 Å². The Labute approximate surface area is 117 Å². The maximum Gasteiger partial charge on any atom is 0.311 e. The number of amides is 1. The number of nitro groups is 1. The zero-order valence-corrected chi connectivity index (χ0v) is 11.6. The standard InChI is InChI=1S/C13H19N3O4/c1-3-6-20-12-8-10(4-5-11(12)16(18)19)15-9(2)7-13(14)17/h4-5,8-9,15H,3,6-7H2,1-2H3,(H2,14,17). The van der Waals surface area contributed by atoms with Crippen LogP contribution in [0.15, 0.2) is 18.2 Å². The summed E-state index contributed by atoms with van der Waals surface area (Å²) < 4.78 is 5.38. The van der Waals surface area contributed by atoms with Crippen LogP contribution in [0.5, 0.6) is 5.75 Å². The van der Waals surface area contributed by atoms with Crippen LogP contribution >= 0.6 is 0 Å². The molecule has 0 saturated carbocycles. The van der Waals surface area contributed by atoms with E-state index in [1.165, 1.54) is 6.07 Å². The van der Waals surface area contributed by atoms with Crippen LogP contribution in [0.25, 0.3) is 0 Å². The van der Waals surface area contributed by atoms with Crippen molar-refractivity contribution in [2.24, 2.45) is 5.73 Å². The van der Waals surface area contributed by atoms with Crippen molar-refractivity contribution in [2.75, 3.05) is 11.9 Å². The zero-order valence-electron chi connectivity index (χ0n) is 11.6. The zero-order chi connectivity index (χ0) is 15.1. The fourth-order valence-corrected chi connectivity index (χ4v) is 1.72. The Hall–Kier alpha value is -2.31. The lowest BCUT2D eigenvalue weighted by Crippen LogP contribution is -2.23. The smallest absolute Gasteiger partial charge is 0.311 e.